The molecule has 0 atom stereocenters. The van der Waals surface area contributed by atoms with Crippen LogP contribution in [-0.4, -0.2) is 17.6 Å². The lowest BCUT2D eigenvalue weighted by atomic mass is 10.1. The molecule has 1 heterocycles. The molecule has 1 aliphatic rings. The molecule has 0 unspecified atom stereocenters. The van der Waals surface area contributed by atoms with Gasteiger partial charge in [0.1, 0.15) is 0 Å². The fraction of sp³-hybridized carbons (Fsp3) is 0.455. The highest BCUT2D eigenvalue weighted by Crippen LogP contribution is 2.26. The molecular formula is C11H15ClN2. The van der Waals surface area contributed by atoms with Crippen LogP contribution in [0.25, 0.3) is 0 Å². The van der Waals surface area contributed by atoms with Gasteiger partial charge in [-0.15, -0.1) is 0 Å². The molecule has 3 heteroatoms. The normalized spacial score (nSPS) is 16.6. The number of nitrogens with zero attached hydrogens (tertiary/aromatic N) is 1. The van der Waals surface area contributed by atoms with Crippen molar-refractivity contribution in [1.82, 2.24) is 4.90 Å². The Kier molecular flexibility index (Phi) is 2.66. The van der Waals surface area contributed by atoms with Crippen LogP contribution in [0.1, 0.15) is 19.4 Å². The molecule has 0 amide bonds. The Labute approximate surface area is 89.9 Å². The number of rotatable bonds is 1. The van der Waals surface area contributed by atoms with Crippen LogP contribution in [0.5, 0.6) is 0 Å². The number of hydrogen-bond donors (Lipinski definition) is 1. The van der Waals surface area contributed by atoms with Crippen molar-refractivity contribution in [1.29, 1.82) is 0 Å². The minimum atomic E-state index is 0.564. The summed E-state index contributed by atoms with van der Waals surface area (Å²) in [5.74, 6) is 0. The van der Waals surface area contributed by atoms with Gasteiger partial charge in [-0.05, 0) is 37.6 Å². The molecule has 0 spiro atoms. The van der Waals surface area contributed by atoms with Gasteiger partial charge in [0.15, 0.2) is 0 Å². The Hall–Kier alpha value is -0.730. The molecule has 1 aliphatic heterocycles. The Morgan fingerprint density at radius 3 is 2.93 bits per heavy atom. The van der Waals surface area contributed by atoms with E-state index in [1.165, 1.54) is 11.3 Å². The third-order valence-corrected chi connectivity index (χ3v) is 2.88. The van der Waals surface area contributed by atoms with Gasteiger partial charge < -0.3 is 5.32 Å². The van der Waals surface area contributed by atoms with E-state index in [4.69, 9.17) is 11.6 Å². The van der Waals surface area contributed by atoms with Crippen LogP contribution in [0.15, 0.2) is 18.2 Å². The topological polar surface area (TPSA) is 15.3 Å². The predicted octanol–water partition coefficient (Wildman–Crippen LogP) is 2.93. The second-order valence-electron chi connectivity index (χ2n) is 3.98. The maximum Gasteiger partial charge on any atom is 0.0683 e. The third-order valence-electron chi connectivity index (χ3n) is 2.64. The van der Waals surface area contributed by atoms with E-state index in [2.05, 4.69) is 30.1 Å². The second-order valence-corrected chi connectivity index (χ2v) is 4.41. The van der Waals surface area contributed by atoms with Crippen molar-refractivity contribution in [3.05, 3.63) is 28.8 Å². The van der Waals surface area contributed by atoms with Crippen molar-refractivity contribution >= 4 is 17.3 Å². The first-order valence-corrected chi connectivity index (χ1v) is 5.31. The van der Waals surface area contributed by atoms with Crippen LogP contribution in [0.2, 0.25) is 5.02 Å². The first kappa shape index (κ1) is 9.81. The summed E-state index contributed by atoms with van der Waals surface area (Å²) >= 11 is 5.96. The number of fused-ring (bicyclic) bond motifs is 1. The number of halogens is 1. The summed E-state index contributed by atoms with van der Waals surface area (Å²) in [4.78, 5) is 2.37. The zero-order valence-corrected chi connectivity index (χ0v) is 9.30. The van der Waals surface area contributed by atoms with E-state index in [-0.39, 0.29) is 0 Å². The molecule has 0 fully saturated rings. The summed E-state index contributed by atoms with van der Waals surface area (Å²) in [7, 11) is 0. The Morgan fingerprint density at radius 1 is 1.43 bits per heavy atom. The van der Waals surface area contributed by atoms with E-state index in [1.54, 1.807) is 0 Å². The molecule has 1 N–H and O–H groups in total. The smallest absolute Gasteiger partial charge is 0.0683 e. The molecule has 2 nitrogen and oxygen atoms in total. The Morgan fingerprint density at radius 2 is 2.21 bits per heavy atom. The van der Waals surface area contributed by atoms with Gasteiger partial charge in [-0.2, -0.15) is 0 Å². The van der Waals surface area contributed by atoms with Gasteiger partial charge in [0, 0.05) is 23.3 Å². The maximum absolute atomic E-state index is 5.96. The minimum Gasteiger partial charge on any atom is -0.372 e. The largest absolute Gasteiger partial charge is 0.372 e. The van der Waals surface area contributed by atoms with Gasteiger partial charge in [-0.25, -0.2) is 0 Å². The molecule has 1 aromatic rings. The van der Waals surface area contributed by atoms with E-state index in [0.717, 1.165) is 18.2 Å². The molecule has 0 bridgehead atoms. The zero-order valence-electron chi connectivity index (χ0n) is 8.55. The zero-order chi connectivity index (χ0) is 10.1. The van der Waals surface area contributed by atoms with Crippen LogP contribution < -0.4 is 5.32 Å². The van der Waals surface area contributed by atoms with Crippen LogP contribution in [-0.2, 0) is 6.54 Å². The van der Waals surface area contributed by atoms with E-state index in [1.807, 2.05) is 12.1 Å². The molecule has 0 saturated carbocycles. The molecule has 0 saturated heterocycles. The highest BCUT2D eigenvalue weighted by Gasteiger charge is 2.17. The number of anilines is 1. The lowest BCUT2D eigenvalue weighted by Gasteiger charge is -2.32. The van der Waals surface area contributed by atoms with E-state index < -0.39 is 0 Å². The number of hydrogen-bond acceptors (Lipinski definition) is 2. The van der Waals surface area contributed by atoms with E-state index in [9.17, 15) is 0 Å². The lowest BCUT2D eigenvalue weighted by Crippen LogP contribution is -2.38. The summed E-state index contributed by atoms with van der Waals surface area (Å²) in [5.41, 5.74) is 2.50. The summed E-state index contributed by atoms with van der Waals surface area (Å²) < 4.78 is 0. The van der Waals surface area contributed by atoms with Crippen molar-refractivity contribution in [3.63, 3.8) is 0 Å². The van der Waals surface area contributed by atoms with Crippen LogP contribution in [0, 0.1) is 0 Å². The first-order valence-electron chi connectivity index (χ1n) is 4.93. The van der Waals surface area contributed by atoms with Crippen LogP contribution in [0.3, 0.4) is 0 Å². The van der Waals surface area contributed by atoms with Crippen molar-refractivity contribution in [2.45, 2.75) is 26.4 Å². The number of benzene rings is 1. The molecule has 0 aromatic heterocycles. The third kappa shape index (κ3) is 1.86. The number of nitrogens with one attached hydrogen (secondary N) is 1. The molecule has 1 aromatic carbocycles. The van der Waals surface area contributed by atoms with Gasteiger partial charge in [-0.3, -0.25) is 4.90 Å². The molecule has 0 radical (unpaired) electrons. The average Bonchev–Trinajstić information content (AvgIpc) is 2.16. The Bertz CT molecular complexity index is 336. The van der Waals surface area contributed by atoms with Crippen molar-refractivity contribution in [3.8, 4) is 0 Å². The van der Waals surface area contributed by atoms with Gasteiger partial charge in [0.05, 0.1) is 6.67 Å². The first-order chi connectivity index (χ1) is 6.66. The highest BCUT2D eigenvalue weighted by molar-refractivity contribution is 6.30. The molecule has 2 rings (SSSR count). The minimum absolute atomic E-state index is 0.564. The fourth-order valence-electron chi connectivity index (χ4n) is 1.69. The highest BCUT2D eigenvalue weighted by atomic mass is 35.5. The summed E-state index contributed by atoms with van der Waals surface area (Å²) in [6, 6.07) is 6.58. The summed E-state index contributed by atoms with van der Waals surface area (Å²) in [6.07, 6.45) is 0. The van der Waals surface area contributed by atoms with Gasteiger partial charge >= 0.3 is 0 Å². The molecule has 76 valence electrons. The molecule has 0 aliphatic carbocycles. The van der Waals surface area contributed by atoms with E-state index in [0.29, 0.717) is 6.04 Å². The molecular weight excluding hydrogens is 196 g/mol. The van der Waals surface area contributed by atoms with E-state index >= 15 is 0 Å². The van der Waals surface area contributed by atoms with Gasteiger partial charge in [-0.1, -0.05) is 11.6 Å². The summed E-state index contributed by atoms with van der Waals surface area (Å²) in [5, 5.41) is 4.20. The Balaban J connectivity index is 2.24. The monoisotopic (exact) mass is 210 g/mol. The second kappa shape index (κ2) is 3.79. The van der Waals surface area contributed by atoms with Crippen LogP contribution in [0.4, 0.5) is 5.69 Å². The van der Waals surface area contributed by atoms with Crippen molar-refractivity contribution in [2.24, 2.45) is 0 Å². The summed E-state index contributed by atoms with van der Waals surface area (Å²) in [6.45, 7) is 6.32. The standard InChI is InChI=1S/C11H15ClN2/c1-8(2)14-6-9-5-10(12)3-4-11(9)13-7-14/h3-5,8,13H,6-7H2,1-2H3. The predicted molar refractivity (Wildman–Crippen MR) is 60.6 cm³/mol. The van der Waals surface area contributed by atoms with Gasteiger partial charge in [0.2, 0.25) is 0 Å². The van der Waals surface area contributed by atoms with Gasteiger partial charge in [0.25, 0.3) is 0 Å². The lowest BCUT2D eigenvalue weighted by molar-refractivity contribution is 0.221. The van der Waals surface area contributed by atoms with Crippen molar-refractivity contribution in [2.75, 3.05) is 12.0 Å². The van der Waals surface area contributed by atoms with Crippen LogP contribution >= 0.6 is 11.6 Å². The SMILES string of the molecule is CC(C)N1CNc2ccc(Cl)cc2C1. The fourth-order valence-corrected chi connectivity index (χ4v) is 1.89. The maximum atomic E-state index is 5.96. The quantitative estimate of drug-likeness (QED) is 0.767. The molecule has 14 heavy (non-hydrogen) atoms. The van der Waals surface area contributed by atoms with Crippen molar-refractivity contribution < 1.29 is 0 Å². The average molecular weight is 211 g/mol.